The number of hydrogen-bond donors (Lipinski definition) is 2. The molecule has 0 bridgehead atoms. The molecule has 0 radical (unpaired) electrons. The Balaban J connectivity index is 1.85. The topological polar surface area (TPSA) is 52.6 Å². The molecule has 0 aromatic rings. The maximum Gasteiger partial charge on any atom is 0.227 e. The van der Waals surface area contributed by atoms with Crippen LogP contribution < -0.4 is 5.32 Å². The molecule has 2 saturated heterocycles. The summed E-state index contributed by atoms with van der Waals surface area (Å²) in [6.45, 7) is 3.26. The Morgan fingerprint density at radius 3 is 2.57 bits per heavy atom. The third-order valence-electron chi connectivity index (χ3n) is 3.19. The smallest absolute Gasteiger partial charge is 0.227 e. The van der Waals surface area contributed by atoms with Gasteiger partial charge in [0.05, 0.1) is 12.0 Å². The maximum absolute atomic E-state index is 11.9. The predicted molar refractivity (Wildman–Crippen MR) is 52.8 cm³/mol. The van der Waals surface area contributed by atoms with Gasteiger partial charge in [0, 0.05) is 19.6 Å². The molecule has 0 aromatic heterocycles. The van der Waals surface area contributed by atoms with Crippen molar-refractivity contribution in [2.45, 2.75) is 25.4 Å². The van der Waals surface area contributed by atoms with Gasteiger partial charge in [0.15, 0.2) is 0 Å². The van der Waals surface area contributed by atoms with Crippen molar-refractivity contribution in [2.75, 3.05) is 26.2 Å². The van der Waals surface area contributed by atoms with Crippen LogP contribution in [0.1, 0.15) is 19.3 Å². The first kappa shape index (κ1) is 9.93. The van der Waals surface area contributed by atoms with Crippen molar-refractivity contribution in [3.8, 4) is 0 Å². The van der Waals surface area contributed by atoms with Gasteiger partial charge in [0.2, 0.25) is 5.91 Å². The van der Waals surface area contributed by atoms with Crippen molar-refractivity contribution in [3.63, 3.8) is 0 Å². The summed E-state index contributed by atoms with van der Waals surface area (Å²) in [6.07, 6.45) is 2.26. The van der Waals surface area contributed by atoms with Gasteiger partial charge in [-0.05, 0) is 25.8 Å². The van der Waals surface area contributed by atoms with Gasteiger partial charge in [-0.25, -0.2) is 0 Å². The van der Waals surface area contributed by atoms with E-state index in [0.29, 0.717) is 0 Å². The molecule has 1 amide bonds. The van der Waals surface area contributed by atoms with Crippen LogP contribution in [0.4, 0.5) is 0 Å². The second kappa shape index (κ2) is 4.28. The number of rotatable bonds is 1. The summed E-state index contributed by atoms with van der Waals surface area (Å²) in [6, 6.07) is 0. The third kappa shape index (κ3) is 2.07. The fourth-order valence-corrected chi connectivity index (χ4v) is 2.21. The van der Waals surface area contributed by atoms with Crippen LogP contribution in [0.5, 0.6) is 0 Å². The highest BCUT2D eigenvalue weighted by atomic mass is 16.3. The standard InChI is InChI=1S/C10H18N2O2/c13-9-2-5-12(6-3-9)10(14)8-1-4-11-7-8/h8-9,11,13H,1-7H2. The molecule has 2 N–H and O–H groups in total. The van der Waals surface area contributed by atoms with Crippen LogP contribution in [0.2, 0.25) is 0 Å². The lowest BCUT2D eigenvalue weighted by molar-refractivity contribution is -0.136. The molecule has 1 unspecified atom stereocenters. The molecule has 2 aliphatic heterocycles. The SMILES string of the molecule is O=C(C1CCNC1)N1CCC(O)CC1. The van der Waals surface area contributed by atoms with Gasteiger partial charge in [-0.15, -0.1) is 0 Å². The third-order valence-corrected chi connectivity index (χ3v) is 3.19. The van der Waals surface area contributed by atoms with E-state index in [1.54, 1.807) is 0 Å². The fourth-order valence-electron chi connectivity index (χ4n) is 2.21. The fraction of sp³-hybridized carbons (Fsp3) is 0.900. The van der Waals surface area contributed by atoms with Crippen molar-refractivity contribution in [3.05, 3.63) is 0 Å². The summed E-state index contributed by atoms with van der Waals surface area (Å²) in [5, 5.41) is 12.5. The van der Waals surface area contributed by atoms with Gasteiger partial charge in [-0.1, -0.05) is 0 Å². The molecule has 14 heavy (non-hydrogen) atoms. The number of carbonyl (C=O) groups excluding carboxylic acids is 1. The predicted octanol–water partition coefficient (Wildman–Crippen LogP) is -0.421. The summed E-state index contributed by atoms with van der Waals surface area (Å²) in [5.41, 5.74) is 0. The van der Waals surface area contributed by atoms with Crippen molar-refractivity contribution in [1.82, 2.24) is 10.2 Å². The Labute approximate surface area is 84.3 Å². The van der Waals surface area contributed by atoms with E-state index in [-0.39, 0.29) is 17.9 Å². The minimum atomic E-state index is -0.194. The van der Waals surface area contributed by atoms with E-state index in [1.807, 2.05) is 4.90 Å². The molecule has 2 rings (SSSR count). The summed E-state index contributed by atoms with van der Waals surface area (Å²) >= 11 is 0. The minimum Gasteiger partial charge on any atom is -0.393 e. The first-order valence-corrected chi connectivity index (χ1v) is 5.45. The Morgan fingerprint density at radius 1 is 1.29 bits per heavy atom. The van der Waals surface area contributed by atoms with Gasteiger partial charge in [0.25, 0.3) is 0 Å². The monoisotopic (exact) mass is 198 g/mol. The largest absolute Gasteiger partial charge is 0.393 e. The highest BCUT2D eigenvalue weighted by Gasteiger charge is 2.29. The molecule has 0 spiro atoms. The zero-order chi connectivity index (χ0) is 9.97. The van der Waals surface area contributed by atoms with E-state index < -0.39 is 0 Å². The normalized spacial score (nSPS) is 29.5. The average Bonchev–Trinajstić information content (AvgIpc) is 2.71. The molecule has 1 atom stereocenters. The molecule has 0 aliphatic carbocycles. The first-order chi connectivity index (χ1) is 6.77. The van der Waals surface area contributed by atoms with Crippen molar-refractivity contribution in [2.24, 2.45) is 5.92 Å². The number of piperidine rings is 1. The van der Waals surface area contributed by atoms with E-state index in [9.17, 15) is 9.90 Å². The molecule has 4 heteroatoms. The molecule has 2 aliphatic rings. The molecule has 0 aromatic carbocycles. The number of aliphatic hydroxyl groups is 1. The highest BCUT2D eigenvalue weighted by Crippen LogP contribution is 2.16. The number of hydrogen-bond acceptors (Lipinski definition) is 3. The van der Waals surface area contributed by atoms with Crippen LogP contribution in [0, 0.1) is 5.92 Å². The minimum absolute atomic E-state index is 0.185. The van der Waals surface area contributed by atoms with Crippen LogP contribution in [0.3, 0.4) is 0 Å². The number of nitrogens with zero attached hydrogens (tertiary/aromatic N) is 1. The molecule has 4 nitrogen and oxygen atoms in total. The summed E-state index contributed by atoms with van der Waals surface area (Å²) in [4.78, 5) is 13.8. The van der Waals surface area contributed by atoms with Gasteiger partial charge >= 0.3 is 0 Å². The summed E-state index contributed by atoms with van der Waals surface area (Å²) in [7, 11) is 0. The number of aliphatic hydroxyl groups excluding tert-OH is 1. The van der Waals surface area contributed by atoms with Crippen LogP contribution in [0.15, 0.2) is 0 Å². The van der Waals surface area contributed by atoms with E-state index >= 15 is 0 Å². The molecular formula is C10H18N2O2. The van der Waals surface area contributed by atoms with Gasteiger partial charge < -0.3 is 15.3 Å². The zero-order valence-electron chi connectivity index (χ0n) is 8.41. The second-order valence-corrected chi connectivity index (χ2v) is 4.25. The van der Waals surface area contributed by atoms with E-state index in [4.69, 9.17) is 0 Å². The van der Waals surface area contributed by atoms with Gasteiger partial charge in [-0.3, -0.25) is 4.79 Å². The highest BCUT2D eigenvalue weighted by molar-refractivity contribution is 5.79. The number of amides is 1. The van der Waals surface area contributed by atoms with Crippen molar-refractivity contribution >= 4 is 5.91 Å². The Morgan fingerprint density at radius 2 is 2.00 bits per heavy atom. The summed E-state index contributed by atoms with van der Waals surface area (Å²) in [5.74, 6) is 0.465. The Hall–Kier alpha value is -0.610. The van der Waals surface area contributed by atoms with Crippen LogP contribution in [-0.4, -0.2) is 48.2 Å². The van der Waals surface area contributed by atoms with Crippen LogP contribution >= 0.6 is 0 Å². The molecule has 2 fully saturated rings. The van der Waals surface area contributed by atoms with E-state index in [2.05, 4.69) is 5.32 Å². The molecule has 80 valence electrons. The zero-order valence-corrected chi connectivity index (χ0v) is 8.41. The lowest BCUT2D eigenvalue weighted by atomic mass is 10.0. The van der Waals surface area contributed by atoms with E-state index in [1.165, 1.54) is 0 Å². The Bertz CT molecular complexity index is 206. The second-order valence-electron chi connectivity index (χ2n) is 4.25. The number of nitrogens with one attached hydrogen (secondary N) is 1. The first-order valence-electron chi connectivity index (χ1n) is 5.45. The number of likely N-dealkylation sites (tertiary alicyclic amines) is 1. The maximum atomic E-state index is 11.9. The molecule has 2 heterocycles. The van der Waals surface area contributed by atoms with Crippen LogP contribution in [0.25, 0.3) is 0 Å². The Kier molecular flexibility index (Phi) is 3.03. The molecular weight excluding hydrogens is 180 g/mol. The van der Waals surface area contributed by atoms with Gasteiger partial charge in [0.1, 0.15) is 0 Å². The lowest BCUT2D eigenvalue weighted by Crippen LogP contribution is -2.43. The van der Waals surface area contributed by atoms with Crippen LogP contribution in [-0.2, 0) is 4.79 Å². The molecule has 0 saturated carbocycles. The number of carbonyl (C=O) groups is 1. The quantitative estimate of drug-likeness (QED) is 0.601. The van der Waals surface area contributed by atoms with Crippen molar-refractivity contribution in [1.29, 1.82) is 0 Å². The van der Waals surface area contributed by atoms with E-state index in [0.717, 1.165) is 45.4 Å². The lowest BCUT2D eigenvalue weighted by Gasteiger charge is -2.31. The average molecular weight is 198 g/mol. The van der Waals surface area contributed by atoms with Crippen molar-refractivity contribution < 1.29 is 9.90 Å². The van der Waals surface area contributed by atoms with Gasteiger partial charge in [-0.2, -0.15) is 0 Å². The summed E-state index contributed by atoms with van der Waals surface area (Å²) < 4.78 is 0.